The molecule has 0 aromatic heterocycles. The number of carboxylic acid groups (broad SMARTS) is 1. The Kier molecular flexibility index (Phi) is 4.35. The van der Waals surface area contributed by atoms with Crippen LogP contribution in [0.3, 0.4) is 0 Å². The van der Waals surface area contributed by atoms with E-state index in [9.17, 15) is 4.79 Å². The van der Waals surface area contributed by atoms with Gasteiger partial charge in [0.25, 0.3) is 0 Å². The van der Waals surface area contributed by atoms with E-state index in [1.54, 1.807) is 0 Å². The van der Waals surface area contributed by atoms with Crippen LogP contribution in [0.5, 0.6) is 0 Å². The van der Waals surface area contributed by atoms with Crippen molar-refractivity contribution in [2.75, 3.05) is 0 Å². The first-order valence-corrected chi connectivity index (χ1v) is 5.34. The van der Waals surface area contributed by atoms with E-state index in [1.165, 1.54) is 0 Å². The molecule has 4 heteroatoms. The van der Waals surface area contributed by atoms with Crippen molar-refractivity contribution in [2.24, 2.45) is 17.4 Å². The second-order valence-electron chi connectivity index (χ2n) is 4.22. The molecule has 0 spiro atoms. The number of carboxylic acids is 1. The molecule has 0 aromatic rings. The van der Waals surface area contributed by atoms with Gasteiger partial charge in [-0.1, -0.05) is 6.42 Å². The number of carbonyl (C=O) groups is 1. The Bertz CT molecular complexity index is 197. The van der Waals surface area contributed by atoms with Crippen molar-refractivity contribution in [1.29, 1.82) is 0 Å². The summed E-state index contributed by atoms with van der Waals surface area (Å²) in [5.41, 5.74) is 11.7. The lowest BCUT2D eigenvalue weighted by molar-refractivity contribution is -0.137. The molecule has 14 heavy (non-hydrogen) atoms. The van der Waals surface area contributed by atoms with Crippen LogP contribution in [0, 0.1) is 5.92 Å². The second-order valence-corrected chi connectivity index (χ2v) is 4.22. The zero-order valence-electron chi connectivity index (χ0n) is 8.48. The van der Waals surface area contributed by atoms with Crippen molar-refractivity contribution in [3.63, 3.8) is 0 Å². The molecule has 1 rings (SSSR count). The van der Waals surface area contributed by atoms with Gasteiger partial charge in [0.05, 0.1) is 0 Å². The van der Waals surface area contributed by atoms with Crippen LogP contribution < -0.4 is 11.5 Å². The van der Waals surface area contributed by atoms with Gasteiger partial charge in [-0.3, -0.25) is 4.79 Å². The second kappa shape index (κ2) is 5.32. The van der Waals surface area contributed by atoms with E-state index in [4.69, 9.17) is 16.6 Å². The van der Waals surface area contributed by atoms with E-state index in [0.29, 0.717) is 5.92 Å². The van der Waals surface area contributed by atoms with Gasteiger partial charge in [0.1, 0.15) is 0 Å². The van der Waals surface area contributed by atoms with Crippen molar-refractivity contribution < 1.29 is 9.90 Å². The van der Waals surface area contributed by atoms with Gasteiger partial charge in [-0.25, -0.2) is 0 Å². The van der Waals surface area contributed by atoms with E-state index >= 15 is 0 Å². The molecule has 1 fully saturated rings. The summed E-state index contributed by atoms with van der Waals surface area (Å²) in [6.07, 6.45) is 5.14. The van der Waals surface area contributed by atoms with Gasteiger partial charge in [0, 0.05) is 18.5 Å². The lowest BCUT2D eigenvalue weighted by Crippen LogP contribution is -2.40. The highest BCUT2D eigenvalue weighted by Crippen LogP contribution is 2.27. The van der Waals surface area contributed by atoms with Crippen LogP contribution in [0.15, 0.2) is 0 Å². The maximum atomic E-state index is 10.3. The molecule has 0 saturated heterocycles. The molecule has 0 aromatic carbocycles. The fraction of sp³-hybridized carbons (Fsp3) is 0.900. The summed E-state index contributed by atoms with van der Waals surface area (Å²) in [6.45, 7) is 0. The van der Waals surface area contributed by atoms with Gasteiger partial charge in [0.2, 0.25) is 0 Å². The first-order valence-electron chi connectivity index (χ1n) is 5.34. The summed E-state index contributed by atoms with van der Waals surface area (Å²) in [7, 11) is 0. The van der Waals surface area contributed by atoms with Crippen LogP contribution in [0.2, 0.25) is 0 Å². The third-order valence-electron chi connectivity index (χ3n) is 3.13. The number of rotatable bonds is 5. The maximum Gasteiger partial charge on any atom is 0.303 e. The summed E-state index contributed by atoms with van der Waals surface area (Å²) >= 11 is 0. The molecule has 0 heterocycles. The number of hydrogen-bond acceptors (Lipinski definition) is 3. The predicted octanol–water partition coefficient (Wildman–Crippen LogP) is 0.696. The maximum absolute atomic E-state index is 10.3. The largest absolute Gasteiger partial charge is 0.481 e. The van der Waals surface area contributed by atoms with Gasteiger partial charge in [-0.05, 0) is 31.6 Å². The molecule has 0 aliphatic heterocycles. The van der Waals surface area contributed by atoms with Gasteiger partial charge in [0.15, 0.2) is 0 Å². The van der Waals surface area contributed by atoms with Crippen molar-refractivity contribution in [3.8, 4) is 0 Å². The van der Waals surface area contributed by atoms with Crippen LogP contribution in [-0.2, 0) is 4.79 Å². The number of aliphatic carboxylic acids is 1. The molecule has 82 valence electrons. The van der Waals surface area contributed by atoms with Crippen LogP contribution >= 0.6 is 0 Å². The first kappa shape index (κ1) is 11.5. The summed E-state index contributed by atoms with van der Waals surface area (Å²) in [5.74, 6) is -0.198. The average Bonchev–Trinajstić information content (AvgIpc) is 2.43. The fourth-order valence-electron chi connectivity index (χ4n) is 2.16. The summed E-state index contributed by atoms with van der Waals surface area (Å²) in [6, 6.07) is 0.277. The fourth-order valence-corrected chi connectivity index (χ4v) is 2.16. The van der Waals surface area contributed by atoms with Crippen LogP contribution in [0.4, 0.5) is 0 Å². The Balaban J connectivity index is 2.10. The van der Waals surface area contributed by atoms with Gasteiger partial charge >= 0.3 is 5.97 Å². The van der Waals surface area contributed by atoms with E-state index in [0.717, 1.165) is 32.1 Å². The quantitative estimate of drug-likeness (QED) is 0.570. The van der Waals surface area contributed by atoms with E-state index in [-0.39, 0.29) is 18.5 Å². The minimum absolute atomic E-state index is 0.125. The highest BCUT2D eigenvalue weighted by atomic mass is 16.4. The summed E-state index contributed by atoms with van der Waals surface area (Å²) in [4.78, 5) is 10.3. The van der Waals surface area contributed by atoms with Crippen LogP contribution in [-0.4, -0.2) is 23.2 Å². The van der Waals surface area contributed by atoms with Crippen molar-refractivity contribution in [3.05, 3.63) is 0 Å². The topological polar surface area (TPSA) is 89.3 Å². The minimum atomic E-state index is -0.711. The lowest BCUT2D eigenvalue weighted by Gasteiger charge is -2.17. The van der Waals surface area contributed by atoms with Crippen LogP contribution in [0.1, 0.15) is 38.5 Å². The van der Waals surface area contributed by atoms with Crippen molar-refractivity contribution in [2.45, 2.75) is 50.6 Å². The van der Waals surface area contributed by atoms with Crippen molar-refractivity contribution in [1.82, 2.24) is 0 Å². The molecule has 3 unspecified atom stereocenters. The first-order chi connectivity index (χ1) is 6.61. The van der Waals surface area contributed by atoms with Crippen molar-refractivity contribution >= 4 is 5.97 Å². The van der Waals surface area contributed by atoms with Gasteiger partial charge < -0.3 is 16.6 Å². The molecule has 4 nitrogen and oxygen atoms in total. The Morgan fingerprint density at radius 1 is 1.29 bits per heavy atom. The molecule has 0 radical (unpaired) electrons. The van der Waals surface area contributed by atoms with Gasteiger partial charge in [-0.2, -0.15) is 0 Å². The normalized spacial score (nSPS) is 32.0. The molecule has 1 saturated carbocycles. The average molecular weight is 200 g/mol. The Morgan fingerprint density at radius 3 is 2.50 bits per heavy atom. The van der Waals surface area contributed by atoms with E-state index < -0.39 is 5.97 Å². The Hall–Kier alpha value is -0.610. The molecule has 0 bridgehead atoms. The van der Waals surface area contributed by atoms with Gasteiger partial charge in [-0.15, -0.1) is 0 Å². The third-order valence-corrected chi connectivity index (χ3v) is 3.13. The Morgan fingerprint density at radius 2 is 2.00 bits per heavy atom. The molecule has 0 amide bonds. The monoisotopic (exact) mass is 200 g/mol. The predicted molar refractivity (Wildman–Crippen MR) is 54.8 cm³/mol. The third kappa shape index (κ3) is 3.27. The molecular weight excluding hydrogens is 180 g/mol. The minimum Gasteiger partial charge on any atom is -0.481 e. The highest BCUT2D eigenvalue weighted by molar-refractivity contribution is 5.66. The SMILES string of the molecule is NC1CCC(CCCCC(=O)O)C1N. The molecule has 1 aliphatic carbocycles. The van der Waals surface area contributed by atoms with E-state index in [1.807, 2.05) is 0 Å². The lowest BCUT2D eigenvalue weighted by atomic mass is 9.96. The van der Waals surface area contributed by atoms with Crippen LogP contribution in [0.25, 0.3) is 0 Å². The summed E-state index contributed by atoms with van der Waals surface area (Å²) < 4.78 is 0. The smallest absolute Gasteiger partial charge is 0.303 e. The number of unbranched alkanes of at least 4 members (excludes halogenated alkanes) is 1. The molecular formula is C10H20N2O2. The molecule has 5 N–H and O–H groups in total. The summed E-state index contributed by atoms with van der Waals surface area (Å²) in [5, 5.41) is 8.45. The molecule has 1 aliphatic rings. The number of nitrogens with two attached hydrogens (primary N) is 2. The van der Waals surface area contributed by atoms with E-state index in [2.05, 4.69) is 0 Å². The standard InChI is InChI=1S/C10H20N2O2/c11-8-6-5-7(10(8)12)3-1-2-4-9(13)14/h7-8,10H,1-6,11-12H2,(H,13,14). The number of hydrogen-bond donors (Lipinski definition) is 3. The highest BCUT2D eigenvalue weighted by Gasteiger charge is 2.29. The Labute approximate surface area is 84.7 Å². The molecule has 3 atom stereocenters. The zero-order valence-corrected chi connectivity index (χ0v) is 8.48. The zero-order chi connectivity index (χ0) is 10.6.